The third-order valence-electron chi connectivity index (χ3n) is 4.84. The Morgan fingerprint density at radius 1 is 1.53 bits per heavy atom. The van der Waals surface area contributed by atoms with Gasteiger partial charge in [0.15, 0.2) is 0 Å². The van der Waals surface area contributed by atoms with E-state index in [1.54, 1.807) is 11.3 Å². The van der Waals surface area contributed by atoms with Crippen molar-refractivity contribution in [2.75, 3.05) is 19.6 Å². The summed E-state index contributed by atoms with van der Waals surface area (Å²) in [5.74, 6) is 0.555. The van der Waals surface area contributed by atoms with Gasteiger partial charge in [-0.25, -0.2) is 4.98 Å². The van der Waals surface area contributed by atoms with Crippen molar-refractivity contribution >= 4 is 11.3 Å². The van der Waals surface area contributed by atoms with Crippen LogP contribution in [0.3, 0.4) is 0 Å². The molecule has 4 heteroatoms. The van der Waals surface area contributed by atoms with Gasteiger partial charge in [0, 0.05) is 48.7 Å². The minimum absolute atomic E-state index is 0.426. The molecule has 0 amide bonds. The van der Waals surface area contributed by atoms with E-state index in [1.807, 2.05) is 6.20 Å². The lowest BCUT2D eigenvalue weighted by atomic mass is 9.92. The average molecular weight is 279 g/mol. The first-order valence-electron chi connectivity index (χ1n) is 7.57. The van der Waals surface area contributed by atoms with E-state index in [0.717, 1.165) is 13.1 Å². The third kappa shape index (κ3) is 2.86. The van der Waals surface area contributed by atoms with Crippen LogP contribution in [0.1, 0.15) is 50.5 Å². The van der Waals surface area contributed by atoms with Crippen molar-refractivity contribution in [2.45, 2.75) is 57.0 Å². The Balaban J connectivity index is 1.65. The maximum atomic E-state index is 4.47. The number of nitrogens with one attached hydrogen (secondary N) is 1. The second-order valence-electron chi connectivity index (χ2n) is 6.42. The topological polar surface area (TPSA) is 28.2 Å². The van der Waals surface area contributed by atoms with Gasteiger partial charge >= 0.3 is 0 Å². The lowest BCUT2D eigenvalue weighted by molar-refractivity contribution is 0.0846. The molecular formula is C15H25N3S. The van der Waals surface area contributed by atoms with E-state index in [-0.39, 0.29) is 0 Å². The first-order chi connectivity index (χ1) is 9.19. The van der Waals surface area contributed by atoms with Crippen LogP contribution in [0.2, 0.25) is 0 Å². The standard InChI is InChI=1S/C15H25N3S/c1-12(14-16-7-8-19-14)10-18-11-15(5-3-4-6-15)17-9-13(18)2/h7-8,12-13,17H,3-6,9-11H2,1-2H3. The van der Waals surface area contributed by atoms with E-state index in [9.17, 15) is 0 Å². The summed E-state index contributed by atoms with van der Waals surface area (Å²) in [6.45, 7) is 8.19. The maximum Gasteiger partial charge on any atom is 0.0965 e. The highest BCUT2D eigenvalue weighted by Gasteiger charge is 2.40. The van der Waals surface area contributed by atoms with Gasteiger partial charge in [0.25, 0.3) is 0 Å². The Morgan fingerprint density at radius 2 is 2.32 bits per heavy atom. The fourth-order valence-electron chi connectivity index (χ4n) is 3.63. The lowest BCUT2D eigenvalue weighted by Gasteiger charge is -2.46. The summed E-state index contributed by atoms with van der Waals surface area (Å²) < 4.78 is 0. The molecule has 1 aromatic heterocycles. The molecule has 2 heterocycles. The van der Waals surface area contributed by atoms with Crippen LogP contribution < -0.4 is 5.32 Å². The molecule has 1 aliphatic heterocycles. The largest absolute Gasteiger partial charge is 0.308 e. The van der Waals surface area contributed by atoms with Crippen LogP contribution >= 0.6 is 11.3 Å². The molecular weight excluding hydrogens is 254 g/mol. The molecule has 1 spiro atoms. The van der Waals surface area contributed by atoms with E-state index in [0.29, 0.717) is 17.5 Å². The van der Waals surface area contributed by atoms with Crippen LogP contribution in [-0.4, -0.2) is 41.1 Å². The van der Waals surface area contributed by atoms with Gasteiger partial charge in [0.2, 0.25) is 0 Å². The summed E-state index contributed by atoms with van der Waals surface area (Å²) in [6.07, 6.45) is 7.45. The SMILES string of the molecule is CC(CN1CC2(CCCC2)NCC1C)c1nccs1. The first kappa shape index (κ1) is 13.5. The smallest absolute Gasteiger partial charge is 0.0965 e. The molecule has 0 aromatic carbocycles. The molecule has 1 aliphatic carbocycles. The zero-order chi connectivity index (χ0) is 13.3. The van der Waals surface area contributed by atoms with Gasteiger partial charge in [-0.1, -0.05) is 19.8 Å². The van der Waals surface area contributed by atoms with Gasteiger partial charge in [-0.15, -0.1) is 11.3 Å². The number of hydrogen-bond donors (Lipinski definition) is 1. The molecule has 19 heavy (non-hydrogen) atoms. The predicted octanol–water partition coefficient (Wildman–Crippen LogP) is 2.85. The molecule has 106 valence electrons. The Kier molecular flexibility index (Phi) is 3.92. The normalized spacial score (nSPS) is 28.8. The van der Waals surface area contributed by atoms with Crippen LogP contribution in [0.25, 0.3) is 0 Å². The van der Waals surface area contributed by atoms with E-state index in [1.165, 1.54) is 37.2 Å². The Hall–Kier alpha value is -0.450. The second kappa shape index (κ2) is 5.51. The summed E-state index contributed by atoms with van der Waals surface area (Å²) in [5.41, 5.74) is 0.426. The average Bonchev–Trinajstić information content (AvgIpc) is 3.06. The Bertz CT molecular complexity index is 398. The summed E-state index contributed by atoms with van der Waals surface area (Å²) in [7, 11) is 0. The summed E-state index contributed by atoms with van der Waals surface area (Å²) in [6, 6.07) is 0.647. The second-order valence-corrected chi connectivity index (χ2v) is 7.34. The zero-order valence-electron chi connectivity index (χ0n) is 12.1. The summed E-state index contributed by atoms with van der Waals surface area (Å²) in [4.78, 5) is 7.16. The van der Waals surface area contributed by atoms with Gasteiger partial charge in [0.1, 0.15) is 0 Å². The monoisotopic (exact) mass is 279 g/mol. The zero-order valence-corrected chi connectivity index (χ0v) is 12.9. The fourth-order valence-corrected chi connectivity index (χ4v) is 4.32. The minimum Gasteiger partial charge on any atom is -0.308 e. The van der Waals surface area contributed by atoms with Crippen molar-refractivity contribution in [1.82, 2.24) is 15.2 Å². The quantitative estimate of drug-likeness (QED) is 0.922. The minimum atomic E-state index is 0.426. The fraction of sp³-hybridized carbons (Fsp3) is 0.800. The molecule has 2 unspecified atom stereocenters. The molecule has 0 radical (unpaired) electrons. The van der Waals surface area contributed by atoms with Gasteiger partial charge < -0.3 is 5.32 Å². The molecule has 1 aromatic rings. The number of thiazole rings is 1. The molecule has 1 saturated carbocycles. The molecule has 1 N–H and O–H groups in total. The highest BCUT2D eigenvalue weighted by atomic mass is 32.1. The van der Waals surface area contributed by atoms with E-state index in [4.69, 9.17) is 0 Å². The molecule has 2 fully saturated rings. The van der Waals surface area contributed by atoms with Crippen molar-refractivity contribution in [1.29, 1.82) is 0 Å². The maximum absolute atomic E-state index is 4.47. The highest BCUT2D eigenvalue weighted by molar-refractivity contribution is 7.09. The number of hydrogen-bond acceptors (Lipinski definition) is 4. The Labute approximate surface area is 120 Å². The van der Waals surface area contributed by atoms with E-state index < -0.39 is 0 Å². The van der Waals surface area contributed by atoms with Gasteiger partial charge in [-0.3, -0.25) is 4.90 Å². The van der Waals surface area contributed by atoms with Crippen LogP contribution in [0.4, 0.5) is 0 Å². The number of nitrogens with zero attached hydrogens (tertiary/aromatic N) is 2. The van der Waals surface area contributed by atoms with Crippen molar-refractivity contribution in [3.63, 3.8) is 0 Å². The number of aromatic nitrogens is 1. The van der Waals surface area contributed by atoms with Gasteiger partial charge in [-0.2, -0.15) is 0 Å². The predicted molar refractivity (Wildman–Crippen MR) is 80.8 cm³/mol. The van der Waals surface area contributed by atoms with E-state index in [2.05, 4.69) is 34.4 Å². The number of rotatable bonds is 3. The Morgan fingerprint density at radius 3 is 3.00 bits per heavy atom. The van der Waals surface area contributed by atoms with Crippen LogP contribution in [0, 0.1) is 0 Å². The summed E-state index contributed by atoms with van der Waals surface area (Å²) >= 11 is 1.79. The van der Waals surface area contributed by atoms with Gasteiger partial charge in [0.05, 0.1) is 5.01 Å². The third-order valence-corrected chi connectivity index (χ3v) is 5.85. The molecule has 1 saturated heterocycles. The van der Waals surface area contributed by atoms with Gasteiger partial charge in [-0.05, 0) is 19.8 Å². The van der Waals surface area contributed by atoms with Crippen molar-refractivity contribution < 1.29 is 0 Å². The van der Waals surface area contributed by atoms with Crippen LogP contribution in [0.5, 0.6) is 0 Å². The molecule has 0 bridgehead atoms. The molecule has 3 nitrogen and oxygen atoms in total. The van der Waals surface area contributed by atoms with Crippen LogP contribution in [-0.2, 0) is 0 Å². The summed E-state index contributed by atoms with van der Waals surface area (Å²) in [5, 5.41) is 7.20. The molecule has 2 atom stereocenters. The highest BCUT2D eigenvalue weighted by Crippen LogP contribution is 2.34. The van der Waals surface area contributed by atoms with Crippen molar-refractivity contribution in [2.24, 2.45) is 0 Å². The van der Waals surface area contributed by atoms with Crippen molar-refractivity contribution in [3.8, 4) is 0 Å². The number of piperazine rings is 1. The van der Waals surface area contributed by atoms with Crippen LogP contribution in [0.15, 0.2) is 11.6 Å². The lowest BCUT2D eigenvalue weighted by Crippen LogP contribution is -2.62. The van der Waals surface area contributed by atoms with Crippen molar-refractivity contribution in [3.05, 3.63) is 16.6 Å². The van der Waals surface area contributed by atoms with E-state index >= 15 is 0 Å². The molecule has 2 aliphatic rings. The first-order valence-corrected chi connectivity index (χ1v) is 8.45. The molecule has 3 rings (SSSR count).